The molecule has 2 rings (SSSR count). The van der Waals surface area contributed by atoms with Crippen LogP contribution >= 0.6 is 0 Å². The highest BCUT2D eigenvalue weighted by Crippen LogP contribution is 2.34. The van der Waals surface area contributed by atoms with Gasteiger partial charge in [0, 0.05) is 11.6 Å². The number of carbonyl (C=O) groups excluding carboxylic acids is 1. The molecule has 4 nitrogen and oxygen atoms in total. The van der Waals surface area contributed by atoms with Gasteiger partial charge in [0.25, 0.3) is 0 Å². The Kier molecular flexibility index (Phi) is 3.33. The zero-order valence-electron chi connectivity index (χ0n) is 9.97. The first-order valence-corrected chi connectivity index (χ1v) is 5.61. The number of aliphatic hydroxyl groups is 1. The summed E-state index contributed by atoms with van der Waals surface area (Å²) in [6.07, 6.45) is 0.953. The number of methoxy groups -OCH3 is 2. The summed E-state index contributed by atoms with van der Waals surface area (Å²) in [5, 5.41) is 9.81. The molecular formula is C13H16O4. The molecule has 4 heteroatoms. The molecule has 0 spiro atoms. The van der Waals surface area contributed by atoms with Crippen LogP contribution in [0.4, 0.5) is 0 Å². The van der Waals surface area contributed by atoms with Gasteiger partial charge in [-0.05, 0) is 30.9 Å². The molecule has 1 fully saturated rings. The monoisotopic (exact) mass is 236 g/mol. The average Bonchev–Trinajstić information content (AvgIpc) is 3.20. The van der Waals surface area contributed by atoms with Crippen LogP contribution in [0.1, 0.15) is 23.2 Å². The van der Waals surface area contributed by atoms with E-state index in [2.05, 4.69) is 0 Å². The highest BCUT2D eigenvalue weighted by atomic mass is 16.5. The lowest BCUT2D eigenvalue weighted by molar-refractivity contribution is 0.0703. The Morgan fingerprint density at radius 1 is 1.24 bits per heavy atom. The fourth-order valence-corrected chi connectivity index (χ4v) is 1.75. The molecule has 0 saturated heterocycles. The number of carbonyl (C=O) groups is 1. The van der Waals surface area contributed by atoms with Gasteiger partial charge in [-0.15, -0.1) is 0 Å². The normalized spacial score (nSPS) is 16.4. The molecule has 1 atom stereocenters. The van der Waals surface area contributed by atoms with Crippen LogP contribution in [-0.2, 0) is 0 Å². The van der Waals surface area contributed by atoms with E-state index < -0.39 is 6.10 Å². The molecule has 92 valence electrons. The largest absolute Gasteiger partial charge is 0.497 e. The van der Waals surface area contributed by atoms with Gasteiger partial charge in [0.05, 0.1) is 14.2 Å². The Balaban J connectivity index is 2.26. The van der Waals surface area contributed by atoms with Crippen molar-refractivity contribution in [3.8, 4) is 11.5 Å². The minimum atomic E-state index is -0.896. The third-order valence-corrected chi connectivity index (χ3v) is 2.97. The Morgan fingerprint density at radius 3 is 2.18 bits per heavy atom. The Bertz CT molecular complexity index is 401. The summed E-state index contributed by atoms with van der Waals surface area (Å²) in [5.74, 6) is 0.968. The maximum absolute atomic E-state index is 12.0. The second kappa shape index (κ2) is 4.75. The van der Waals surface area contributed by atoms with E-state index in [1.165, 1.54) is 14.2 Å². The summed E-state index contributed by atoms with van der Waals surface area (Å²) in [6, 6.07) is 4.94. The molecule has 1 aliphatic carbocycles. The molecule has 0 heterocycles. The van der Waals surface area contributed by atoms with E-state index >= 15 is 0 Å². The quantitative estimate of drug-likeness (QED) is 0.790. The van der Waals surface area contributed by atoms with Crippen LogP contribution in [0.2, 0.25) is 0 Å². The van der Waals surface area contributed by atoms with Crippen molar-refractivity contribution < 1.29 is 19.4 Å². The van der Waals surface area contributed by atoms with Gasteiger partial charge >= 0.3 is 0 Å². The van der Waals surface area contributed by atoms with Crippen molar-refractivity contribution in [1.82, 2.24) is 0 Å². The third-order valence-electron chi connectivity index (χ3n) is 2.97. The smallest absolute Gasteiger partial charge is 0.191 e. The number of Topliss-reactive ketones (excluding diaryl/α,β-unsaturated/α-hetero) is 1. The predicted molar refractivity (Wildman–Crippen MR) is 62.6 cm³/mol. The highest BCUT2D eigenvalue weighted by molar-refractivity contribution is 6.00. The Labute approximate surface area is 100 Å². The number of hydrogen-bond acceptors (Lipinski definition) is 4. The molecule has 1 N–H and O–H groups in total. The summed E-state index contributed by atoms with van der Waals surface area (Å²) >= 11 is 0. The molecule has 0 aliphatic heterocycles. The first-order valence-electron chi connectivity index (χ1n) is 5.61. The fourth-order valence-electron chi connectivity index (χ4n) is 1.75. The van der Waals surface area contributed by atoms with E-state index in [1.54, 1.807) is 18.2 Å². The second-order valence-corrected chi connectivity index (χ2v) is 4.25. The molecule has 0 aromatic heterocycles. The molecule has 0 amide bonds. The average molecular weight is 236 g/mol. The van der Waals surface area contributed by atoms with E-state index in [-0.39, 0.29) is 11.7 Å². The van der Waals surface area contributed by atoms with E-state index in [0.29, 0.717) is 17.1 Å². The van der Waals surface area contributed by atoms with Crippen molar-refractivity contribution in [1.29, 1.82) is 0 Å². The molecule has 1 aromatic rings. The van der Waals surface area contributed by atoms with Crippen molar-refractivity contribution in [2.24, 2.45) is 5.92 Å². The van der Waals surface area contributed by atoms with Gasteiger partial charge in [0.1, 0.15) is 17.6 Å². The number of benzene rings is 1. The van der Waals surface area contributed by atoms with Gasteiger partial charge in [-0.1, -0.05) is 0 Å². The van der Waals surface area contributed by atoms with Gasteiger partial charge in [-0.2, -0.15) is 0 Å². The summed E-state index contributed by atoms with van der Waals surface area (Å²) < 4.78 is 10.2. The lowest BCUT2D eigenvalue weighted by Gasteiger charge is -2.11. The Hall–Kier alpha value is -1.55. The summed E-state index contributed by atoms with van der Waals surface area (Å²) in [5.41, 5.74) is 0.431. The van der Waals surface area contributed by atoms with Crippen LogP contribution in [0.15, 0.2) is 18.2 Å². The fraction of sp³-hybridized carbons (Fsp3) is 0.462. The number of aliphatic hydroxyl groups excluding tert-OH is 1. The molecule has 1 saturated carbocycles. The zero-order chi connectivity index (χ0) is 12.4. The second-order valence-electron chi connectivity index (χ2n) is 4.25. The van der Waals surface area contributed by atoms with Gasteiger partial charge in [0.2, 0.25) is 0 Å². The van der Waals surface area contributed by atoms with Gasteiger partial charge in [0.15, 0.2) is 5.78 Å². The molecule has 17 heavy (non-hydrogen) atoms. The van der Waals surface area contributed by atoms with Crippen LogP contribution in [0.25, 0.3) is 0 Å². The van der Waals surface area contributed by atoms with E-state index in [4.69, 9.17) is 9.47 Å². The Morgan fingerprint density at radius 2 is 1.76 bits per heavy atom. The summed E-state index contributed by atoms with van der Waals surface area (Å²) in [7, 11) is 3.06. The SMILES string of the molecule is COc1cc(OC)cc(C(=O)C(O)C2CC2)c1. The zero-order valence-corrected chi connectivity index (χ0v) is 9.97. The van der Waals surface area contributed by atoms with E-state index in [0.717, 1.165) is 12.8 Å². The van der Waals surface area contributed by atoms with Crippen molar-refractivity contribution in [3.05, 3.63) is 23.8 Å². The molecule has 1 unspecified atom stereocenters. The first kappa shape index (κ1) is 11.9. The van der Waals surface area contributed by atoms with E-state index in [1.807, 2.05) is 0 Å². The molecule has 1 aliphatic rings. The number of ether oxygens (including phenoxy) is 2. The van der Waals surface area contributed by atoms with Crippen LogP contribution in [0.3, 0.4) is 0 Å². The van der Waals surface area contributed by atoms with Gasteiger partial charge in [-0.3, -0.25) is 4.79 Å². The molecular weight excluding hydrogens is 220 g/mol. The third kappa shape index (κ3) is 2.58. The standard InChI is InChI=1S/C13H16O4/c1-16-10-5-9(6-11(7-10)17-2)13(15)12(14)8-3-4-8/h5-8,12,14H,3-4H2,1-2H3. The van der Waals surface area contributed by atoms with Crippen molar-refractivity contribution in [3.63, 3.8) is 0 Å². The molecule has 1 aromatic carbocycles. The van der Waals surface area contributed by atoms with Crippen molar-refractivity contribution in [2.75, 3.05) is 14.2 Å². The maximum Gasteiger partial charge on any atom is 0.191 e. The first-order chi connectivity index (χ1) is 8.15. The van der Waals surface area contributed by atoms with Crippen molar-refractivity contribution >= 4 is 5.78 Å². The van der Waals surface area contributed by atoms with Crippen molar-refractivity contribution in [2.45, 2.75) is 18.9 Å². The number of hydrogen-bond donors (Lipinski definition) is 1. The highest BCUT2D eigenvalue weighted by Gasteiger charge is 2.35. The van der Waals surface area contributed by atoms with Crippen LogP contribution in [0, 0.1) is 5.92 Å². The number of ketones is 1. The molecule has 0 radical (unpaired) electrons. The predicted octanol–water partition coefficient (Wildman–Crippen LogP) is 1.66. The van der Waals surface area contributed by atoms with Crippen LogP contribution in [-0.4, -0.2) is 31.2 Å². The van der Waals surface area contributed by atoms with Crippen LogP contribution < -0.4 is 9.47 Å². The van der Waals surface area contributed by atoms with Gasteiger partial charge in [-0.25, -0.2) is 0 Å². The van der Waals surface area contributed by atoms with Crippen LogP contribution in [0.5, 0.6) is 11.5 Å². The lowest BCUT2D eigenvalue weighted by Crippen LogP contribution is -2.22. The maximum atomic E-state index is 12.0. The summed E-state index contributed by atoms with van der Waals surface area (Å²) in [4.78, 5) is 12.0. The topological polar surface area (TPSA) is 55.8 Å². The number of rotatable bonds is 5. The van der Waals surface area contributed by atoms with Gasteiger partial charge < -0.3 is 14.6 Å². The minimum absolute atomic E-state index is 0.125. The summed E-state index contributed by atoms with van der Waals surface area (Å²) in [6.45, 7) is 0. The van der Waals surface area contributed by atoms with E-state index in [9.17, 15) is 9.90 Å². The molecule has 0 bridgehead atoms. The minimum Gasteiger partial charge on any atom is -0.497 e. The lowest BCUT2D eigenvalue weighted by atomic mass is 10.0.